The van der Waals surface area contributed by atoms with Crippen molar-refractivity contribution in [1.82, 2.24) is 15.5 Å². The Bertz CT molecular complexity index is 473. The summed E-state index contributed by atoms with van der Waals surface area (Å²) in [6, 6.07) is 0. The number of alkyl halides is 4. The molecule has 0 saturated carbocycles. The van der Waals surface area contributed by atoms with Crippen molar-refractivity contribution < 1.29 is 22.4 Å². The van der Waals surface area contributed by atoms with E-state index in [0.717, 1.165) is 25.0 Å². The smallest absolute Gasteiger partial charge is 0.324 e. The Kier molecular flexibility index (Phi) is 3.77. The van der Waals surface area contributed by atoms with Crippen LogP contribution in [0.5, 0.6) is 0 Å². The molecular weight excluding hydrogens is 266 g/mol. The number of aromatic amines is 1. The van der Waals surface area contributed by atoms with Gasteiger partial charge in [-0.15, -0.1) is 0 Å². The van der Waals surface area contributed by atoms with Crippen LogP contribution in [-0.4, -0.2) is 35.0 Å². The summed E-state index contributed by atoms with van der Waals surface area (Å²) in [6.07, 6.45) is -0.552. The molecule has 1 amide bonds. The van der Waals surface area contributed by atoms with E-state index in [1.54, 1.807) is 5.32 Å². The number of H-pyrrole nitrogens is 1. The maximum absolute atomic E-state index is 12.7. The fraction of sp³-hybridized carbons (Fsp3) is 0.636. The summed E-state index contributed by atoms with van der Waals surface area (Å²) < 4.78 is 49.3. The van der Waals surface area contributed by atoms with Crippen molar-refractivity contribution in [3.05, 3.63) is 17.0 Å². The highest BCUT2D eigenvalue weighted by Crippen LogP contribution is 2.23. The number of carbonyl (C=O) groups excluding carboxylic acids is 1. The molecule has 1 heterocycles. The number of rotatable bonds is 4. The third kappa shape index (κ3) is 2.87. The summed E-state index contributed by atoms with van der Waals surface area (Å²) in [4.78, 5) is 11.7. The van der Waals surface area contributed by atoms with E-state index in [0.29, 0.717) is 12.0 Å². The number of aromatic nitrogens is 2. The number of fused-ring (bicyclic) bond motifs is 1. The molecule has 0 aromatic carbocycles. The van der Waals surface area contributed by atoms with Crippen LogP contribution in [0.2, 0.25) is 0 Å². The van der Waals surface area contributed by atoms with Crippen LogP contribution in [0.4, 0.5) is 17.6 Å². The van der Waals surface area contributed by atoms with Gasteiger partial charge in [0.15, 0.2) is 5.69 Å². The highest BCUT2D eigenvalue weighted by molar-refractivity contribution is 5.94. The summed E-state index contributed by atoms with van der Waals surface area (Å²) in [7, 11) is 0. The quantitative estimate of drug-likeness (QED) is 0.827. The predicted molar refractivity (Wildman–Crippen MR) is 58.5 cm³/mol. The molecule has 8 heteroatoms. The third-order valence-electron chi connectivity index (χ3n) is 3.08. The second kappa shape index (κ2) is 5.18. The molecule has 106 valence electrons. The maximum Gasteiger partial charge on any atom is 0.324 e. The zero-order valence-corrected chi connectivity index (χ0v) is 9.98. The molecule has 1 aromatic heterocycles. The first kappa shape index (κ1) is 13.8. The molecule has 1 aliphatic carbocycles. The third-order valence-corrected chi connectivity index (χ3v) is 3.08. The summed E-state index contributed by atoms with van der Waals surface area (Å²) in [5.41, 5.74) is 1.54. The van der Waals surface area contributed by atoms with Gasteiger partial charge >= 0.3 is 12.3 Å². The zero-order valence-electron chi connectivity index (χ0n) is 9.98. The number of nitrogens with zero attached hydrogens (tertiary/aromatic N) is 1. The van der Waals surface area contributed by atoms with Gasteiger partial charge in [0, 0.05) is 11.3 Å². The minimum atomic E-state index is -4.23. The van der Waals surface area contributed by atoms with Crippen molar-refractivity contribution in [3.63, 3.8) is 0 Å². The van der Waals surface area contributed by atoms with Crippen molar-refractivity contribution in [2.24, 2.45) is 0 Å². The van der Waals surface area contributed by atoms with Crippen LogP contribution in [0, 0.1) is 0 Å². The number of halogens is 4. The lowest BCUT2D eigenvalue weighted by Crippen LogP contribution is -2.41. The molecule has 4 nitrogen and oxygen atoms in total. The minimum Gasteiger partial charge on any atom is -0.344 e. The first-order chi connectivity index (χ1) is 8.92. The first-order valence-electron chi connectivity index (χ1n) is 5.92. The monoisotopic (exact) mass is 279 g/mol. The van der Waals surface area contributed by atoms with E-state index in [9.17, 15) is 22.4 Å². The summed E-state index contributed by atoms with van der Waals surface area (Å²) in [5.74, 6) is -5.08. The number of nitrogens with one attached hydrogen (secondary N) is 2. The van der Waals surface area contributed by atoms with Gasteiger partial charge < -0.3 is 5.32 Å². The van der Waals surface area contributed by atoms with Crippen LogP contribution < -0.4 is 5.32 Å². The molecule has 0 aliphatic heterocycles. The SMILES string of the molecule is O=C(NCC(F)(F)C(F)F)c1n[nH]c2c1CCCC2. The predicted octanol–water partition coefficient (Wildman–Crippen LogP) is 1.92. The van der Waals surface area contributed by atoms with E-state index >= 15 is 0 Å². The second-order valence-electron chi connectivity index (χ2n) is 4.48. The van der Waals surface area contributed by atoms with Gasteiger partial charge in [-0.1, -0.05) is 0 Å². The Morgan fingerprint density at radius 1 is 1.37 bits per heavy atom. The molecule has 1 aromatic rings. The number of aryl methyl sites for hydroxylation is 1. The van der Waals surface area contributed by atoms with Crippen molar-refractivity contribution in [2.75, 3.05) is 6.54 Å². The van der Waals surface area contributed by atoms with Crippen LogP contribution >= 0.6 is 0 Å². The standard InChI is InChI=1S/C11H13F4N3O/c12-10(13)11(14,15)5-16-9(19)8-6-3-1-2-4-7(6)17-18-8/h10H,1-5H2,(H,16,19)(H,17,18). The van der Waals surface area contributed by atoms with Gasteiger partial charge in [-0.05, 0) is 25.7 Å². The molecule has 2 rings (SSSR count). The lowest BCUT2D eigenvalue weighted by Gasteiger charge is -2.16. The zero-order chi connectivity index (χ0) is 14.0. The lowest BCUT2D eigenvalue weighted by atomic mass is 9.96. The topological polar surface area (TPSA) is 57.8 Å². The normalized spacial score (nSPS) is 15.4. The molecule has 0 unspecified atom stereocenters. The fourth-order valence-corrected chi connectivity index (χ4v) is 2.03. The second-order valence-corrected chi connectivity index (χ2v) is 4.48. The molecule has 0 atom stereocenters. The fourth-order valence-electron chi connectivity index (χ4n) is 2.03. The first-order valence-corrected chi connectivity index (χ1v) is 5.92. The largest absolute Gasteiger partial charge is 0.344 e. The summed E-state index contributed by atoms with van der Waals surface area (Å²) in [6.45, 7) is -1.40. The van der Waals surface area contributed by atoms with Crippen molar-refractivity contribution >= 4 is 5.91 Å². The Balaban J connectivity index is 2.03. The van der Waals surface area contributed by atoms with Gasteiger partial charge in [-0.2, -0.15) is 13.9 Å². The molecule has 19 heavy (non-hydrogen) atoms. The van der Waals surface area contributed by atoms with E-state index in [-0.39, 0.29) is 5.69 Å². The number of hydrogen-bond donors (Lipinski definition) is 2. The van der Waals surface area contributed by atoms with E-state index in [1.807, 2.05) is 0 Å². The Hall–Kier alpha value is -1.60. The molecule has 2 N–H and O–H groups in total. The molecule has 0 saturated heterocycles. The van der Waals surface area contributed by atoms with Crippen LogP contribution in [-0.2, 0) is 12.8 Å². The number of hydrogen-bond acceptors (Lipinski definition) is 2. The average Bonchev–Trinajstić information content (AvgIpc) is 2.79. The molecule has 0 spiro atoms. The highest BCUT2D eigenvalue weighted by atomic mass is 19.3. The Morgan fingerprint density at radius 3 is 2.74 bits per heavy atom. The molecule has 0 fully saturated rings. The van der Waals surface area contributed by atoms with E-state index in [2.05, 4.69) is 10.2 Å². The van der Waals surface area contributed by atoms with Crippen molar-refractivity contribution in [1.29, 1.82) is 0 Å². The average molecular weight is 279 g/mol. The van der Waals surface area contributed by atoms with Crippen molar-refractivity contribution in [3.8, 4) is 0 Å². The van der Waals surface area contributed by atoms with Crippen LogP contribution in [0.1, 0.15) is 34.6 Å². The van der Waals surface area contributed by atoms with E-state index in [4.69, 9.17) is 0 Å². The lowest BCUT2D eigenvalue weighted by molar-refractivity contribution is -0.123. The van der Waals surface area contributed by atoms with Crippen molar-refractivity contribution in [2.45, 2.75) is 38.0 Å². The van der Waals surface area contributed by atoms with Gasteiger partial charge in [0.2, 0.25) is 0 Å². The van der Waals surface area contributed by atoms with Crippen LogP contribution in [0.3, 0.4) is 0 Å². The van der Waals surface area contributed by atoms with E-state index < -0.39 is 24.8 Å². The number of carbonyl (C=O) groups is 1. The minimum absolute atomic E-state index is 0.0276. The molecule has 0 radical (unpaired) electrons. The van der Waals surface area contributed by atoms with Crippen LogP contribution in [0.15, 0.2) is 0 Å². The Morgan fingerprint density at radius 2 is 2.05 bits per heavy atom. The van der Waals surface area contributed by atoms with Gasteiger partial charge in [-0.25, -0.2) is 8.78 Å². The van der Waals surface area contributed by atoms with Gasteiger partial charge in [-0.3, -0.25) is 9.89 Å². The van der Waals surface area contributed by atoms with Gasteiger partial charge in [0.1, 0.15) is 0 Å². The van der Waals surface area contributed by atoms with E-state index in [1.165, 1.54) is 0 Å². The maximum atomic E-state index is 12.7. The van der Waals surface area contributed by atoms with Gasteiger partial charge in [0.25, 0.3) is 5.91 Å². The molecule has 0 bridgehead atoms. The summed E-state index contributed by atoms with van der Waals surface area (Å²) in [5, 5.41) is 8.26. The number of amides is 1. The molecular formula is C11H13F4N3O. The Labute approximate surface area is 106 Å². The summed E-state index contributed by atoms with van der Waals surface area (Å²) >= 11 is 0. The van der Waals surface area contributed by atoms with Crippen LogP contribution in [0.25, 0.3) is 0 Å². The van der Waals surface area contributed by atoms with Gasteiger partial charge in [0.05, 0.1) is 6.54 Å². The highest BCUT2D eigenvalue weighted by Gasteiger charge is 2.41. The molecule has 1 aliphatic rings.